The van der Waals surface area contributed by atoms with Gasteiger partial charge in [-0.1, -0.05) is 5.57 Å². The topological polar surface area (TPSA) is 17.1 Å². The molecule has 0 amide bonds. The van der Waals surface area contributed by atoms with Gasteiger partial charge >= 0.3 is 0 Å². The van der Waals surface area contributed by atoms with Gasteiger partial charge in [0.15, 0.2) is 0 Å². The number of hydrogen-bond acceptors (Lipinski definition) is 1. The van der Waals surface area contributed by atoms with E-state index >= 15 is 0 Å². The lowest BCUT2D eigenvalue weighted by Gasteiger charge is -1.76. The molecule has 0 atom stereocenters. The third-order valence-corrected chi connectivity index (χ3v) is 1.23. The van der Waals surface area contributed by atoms with E-state index in [9.17, 15) is 4.79 Å². The van der Waals surface area contributed by atoms with Crippen molar-refractivity contribution in [3.05, 3.63) is 11.1 Å². The first-order valence-corrected chi connectivity index (χ1v) is 2.48. The fourth-order valence-corrected chi connectivity index (χ4v) is 0.540. The highest BCUT2D eigenvalue weighted by atomic mass is 16.1. The van der Waals surface area contributed by atoms with E-state index in [2.05, 4.69) is 0 Å². The Kier molecular flexibility index (Phi) is 0.970. The average Bonchev–Trinajstić information content (AvgIpc) is 2.44. The molecule has 38 valence electrons. The molecule has 0 spiro atoms. The molecule has 0 N–H and O–H groups in total. The van der Waals surface area contributed by atoms with Gasteiger partial charge < -0.3 is 0 Å². The normalized spacial score (nSPS) is 16.4. The van der Waals surface area contributed by atoms with Crippen LogP contribution >= 0.6 is 0 Å². The van der Waals surface area contributed by atoms with Crippen molar-refractivity contribution >= 4 is 6.29 Å². The highest BCUT2D eigenvalue weighted by molar-refractivity contribution is 5.74. The minimum absolute atomic E-state index is 0.933. The molecule has 0 aliphatic heterocycles. The van der Waals surface area contributed by atoms with E-state index < -0.39 is 0 Å². The first-order valence-electron chi connectivity index (χ1n) is 2.48. The Morgan fingerprint density at radius 1 is 1.71 bits per heavy atom. The summed E-state index contributed by atoms with van der Waals surface area (Å²) in [5.41, 5.74) is 2.29. The second-order valence-electron chi connectivity index (χ2n) is 1.90. The summed E-state index contributed by atoms with van der Waals surface area (Å²) >= 11 is 0. The van der Waals surface area contributed by atoms with Gasteiger partial charge in [0, 0.05) is 0 Å². The van der Waals surface area contributed by atoms with Gasteiger partial charge in [-0.15, -0.1) is 0 Å². The van der Waals surface area contributed by atoms with Crippen molar-refractivity contribution in [1.29, 1.82) is 0 Å². The maximum Gasteiger partial charge on any atom is 0.145 e. The highest BCUT2D eigenvalue weighted by Crippen LogP contribution is 2.30. The summed E-state index contributed by atoms with van der Waals surface area (Å²) in [5, 5.41) is 0. The summed E-state index contributed by atoms with van der Waals surface area (Å²) < 4.78 is 0. The average molecular weight is 96.1 g/mol. The molecule has 1 saturated carbocycles. The van der Waals surface area contributed by atoms with Crippen molar-refractivity contribution in [3.8, 4) is 0 Å². The van der Waals surface area contributed by atoms with Crippen LogP contribution in [0.5, 0.6) is 0 Å². The number of hydrogen-bond donors (Lipinski definition) is 0. The van der Waals surface area contributed by atoms with E-state index in [0.29, 0.717) is 0 Å². The van der Waals surface area contributed by atoms with E-state index in [1.54, 1.807) is 0 Å². The molecule has 0 aromatic heterocycles. The van der Waals surface area contributed by atoms with Crippen molar-refractivity contribution < 1.29 is 4.79 Å². The van der Waals surface area contributed by atoms with Crippen LogP contribution in [0.25, 0.3) is 0 Å². The predicted octanol–water partition coefficient (Wildman–Crippen LogP) is 1.30. The molecular formula is C6H8O. The first kappa shape index (κ1) is 4.57. The van der Waals surface area contributed by atoms with Gasteiger partial charge in [0.25, 0.3) is 0 Å². The molecule has 0 saturated heterocycles. The molecule has 7 heavy (non-hydrogen) atoms. The lowest BCUT2D eigenvalue weighted by molar-refractivity contribution is -0.104. The summed E-state index contributed by atoms with van der Waals surface area (Å²) in [5.74, 6) is 0. The maximum atomic E-state index is 9.93. The van der Waals surface area contributed by atoms with Crippen LogP contribution in [-0.4, -0.2) is 6.29 Å². The van der Waals surface area contributed by atoms with Crippen LogP contribution in [0, 0.1) is 0 Å². The molecular weight excluding hydrogens is 88.1 g/mol. The first-order chi connectivity index (χ1) is 3.34. The number of rotatable bonds is 1. The van der Waals surface area contributed by atoms with Gasteiger partial charge in [0.2, 0.25) is 0 Å². The van der Waals surface area contributed by atoms with Crippen LogP contribution in [0.15, 0.2) is 11.1 Å². The third kappa shape index (κ3) is 0.889. The molecule has 0 radical (unpaired) electrons. The number of carbonyl (C=O) groups excluding carboxylic acids is 1. The largest absolute Gasteiger partial charge is 0.298 e. The van der Waals surface area contributed by atoms with E-state index in [1.807, 2.05) is 6.92 Å². The van der Waals surface area contributed by atoms with Gasteiger partial charge in [-0.05, 0) is 25.3 Å². The summed E-state index contributed by atoms with van der Waals surface area (Å²) in [4.78, 5) is 9.93. The third-order valence-electron chi connectivity index (χ3n) is 1.23. The minimum Gasteiger partial charge on any atom is -0.298 e. The summed E-state index contributed by atoms with van der Waals surface area (Å²) in [7, 11) is 0. The number of allylic oxidation sites excluding steroid dienone is 2. The van der Waals surface area contributed by atoms with Crippen LogP contribution in [0.3, 0.4) is 0 Å². The van der Waals surface area contributed by atoms with E-state index in [0.717, 1.165) is 24.7 Å². The fourth-order valence-electron chi connectivity index (χ4n) is 0.540. The van der Waals surface area contributed by atoms with Crippen molar-refractivity contribution in [2.45, 2.75) is 19.8 Å². The molecule has 0 bridgehead atoms. The lowest BCUT2D eigenvalue weighted by Crippen LogP contribution is -1.71. The van der Waals surface area contributed by atoms with Crippen molar-refractivity contribution in [2.75, 3.05) is 0 Å². The molecule has 0 aromatic carbocycles. The molecule has 1 aliphatic rings. The monoisotopic (exact) mass is 96.1 g/mol. The lowest BCUT2D eigenvalue weighted by atomic mass is 10.3. The molecule has 0 heterocycles. The molecule has 1 nitrogen and oxygen atoms in total. The molecule has 0 unspecified atom stereocenters. The van der Waals surface area contributed by atoms with Gasteiger partial charge in [0.05, 0.1) is 0 Å². The fraction of sp³-hybridized carbons (Fsp3) is 0.500. The van der Waals surface area contributed by atoms with Gasteiger partial charge in [-0.3, -0.25) is 4.79 Å². The van der Waals surface area contributed by atoms with Crippen LogP contribution in [0.1, 0.15) is 19.8 Å². The molecule has 0 aromatic rings. The maximum absolute atomic E-state index is 9.93. The SMILES string of the molecule is CC(C=O)=C1CC1. The van der Waals surface area contributed by atoms with Gasteiger partial charge in [0.1, 0.15) is 6.29 Å². The Balaban J connectivity index is 2.65. The smallest absolute Gasteiger partial charge is 0.145 e. The Morgan fingerprint density at radius 2 is 2.29 bits per heavy atom. The summed E-state index contributed by atoms with van der Waals surface area (Å²) in [6.45, 7) is 1.87. The number of carbonyl (C=O) groups is 1. The van der Waals surface area contributed by atoms with Crippen molar-refractivity contribution in [1.82, 2.24) is 0 Å². The minimum atomic E-state index is 0.933. The standard InChI is InChI=1S/C6H8O/c1-5(4-7)6-2-3-6/h4H,2-3H2,1H3. The Hall–Kier alpha value is -0.590. The van der Waals surface area contributed by atoms with Crippen molar-refractivity contribution in [2.24, 2.45) is 0 Å². The summed E-state index contributed by atoms with van der Waals surface area (Å²) in [6.07, 6.45) is 3.25. The Bertz CT molecular complexity index is 116. The molecule has 1 aliphatic carbocycles. The zero-order valence-corrected chi connectivity index (χ0v) is 4.40. The molecule has 1 fully saturated rings. The zero-order valence-electron chi connectivity index (χ0n) is 4.40. The van der Waals surface area contributed by atoms with Crippen LogP contribution in [0.4, 0.5) is 0 Å². The van der Waals surface area contributed by atoms with Crippen LogP contribution < -0.4 is 0 Å². The number of aldehydes is 1. The quantitative estimate of drug-likeness (QED) is 0.355. The predicted molar refractivity (Wildman–Crippen MR) is 28.0 cm³/mol. The zero-order chi connectivity index (χ0) is 5.28. The van der Waals surface area contributed by atoms with Crippen LogP contribution in [-0.2, 0) is 4.79 Å². The van der Waals surface area contributed by atoms with Crippen molar-refractivity contribution in [3.63, 3.8) is 0 Å². The van der Waals surface area contributed by atoms with E-state index in [1.165, 1.54) is 5.57 Å². The Labute approximate surface area is 43.0 Å². The highest BCUT2D eigenvalue weighted by Gasteiger charge is 2.13. The summed E-state index contributed by atoms with van der Waals surface area (Å²) in [6, 6.07) is 0. The molecule has 1 rings (SSSR count). The molecule has 1 heteroatoms. The van der Waals surface area contributed by atoms with E-state index in [4.69, 9.17) is 0 Å². The van der Waals surface area contributed by atoms with Gasteiger partial charge in [-0.25, -0.2) is 0 Å². The van der Waals surface area contributed by atoms with Gasteiger partial charge in [-0.2, -0.15) is 0 Å². The second-order valence-corrected chi connectivity index (χ2v) is 1.90. The Morgan fingerprint density at radius 3 is 2.43 bits per heavy atom. The van der Waals surface area contributed by atoms with E-state index in [-0.39, 0.29) is 0 Å². The second kappa shape index (κ2) is 1.49. The van der Waals surface area contributed by atoms with Crippen LogP contribution in [0.2, 0.25) is 0 Å².